The molecule has 0 atom stereocenters. The molecule has 0 radical (unpaired) electrons. The third kappa shape index (κ3) is 5.90. The maximum atomic E-state index is 4.07. The Morgan fingerprint density at radius 2 is 2.22 bits per heavy atom. The van der Waals surface area contributed by atoms with E-state index in [-0.39, 0.29) is 0 Å². The Morgan fingerprint density at radius 1 is 1.56 bits per heavy atom. The molecule has 0 spiro atoms. The first-order valence-corrected chi connectivity index (χ1v) is 4.62. The Bertz CT molecular complexity index is 88.9. The minimum absolute atomic E-state index is 1.16. The number of nitrogens with zero attached hydrogens (tertiary/aromatic N) is 1. The van der Waals surface area contributed by atoms with E-state index in [1.165, 1.54) is 17.9 Å². The Hall–Kier alpha value is 0.0200. The largest absolute Gasteiger partial charge is 0.298 e. The standard InChI is InChI=1S/C7H15NS/c1-7(8-2)5-4-6-9-3/h4-6H2,1-3H3. The monoisotopic (exact) mass is 145 g/mol. The number of aliphatic imine (C=N–C) groups is 1. The molecule has 0 fully saturated rings. The third-order valence-electron chi connectivity index (χ3n) is 1.27. The summed E-state index contributed by atoms with van der Waals surface area (Å²) in [6, 6.07) is 0. The quantitative estimate of drug-likeness (QED) is 0.436. The van der Waals surface area contributed by atoms with Crippen LogP contribution in [0.25, 0.3) is 0 Å². The second kappa shape index (κ2) is 6.14. The fraction of sp³-hybridized carbons (Fsp3) is 0.857. The molecule has 0 saturated carbocycles. The molecule has 9 heavy (non-hydrogen) atoms. The molecule has 0 saturated heterocycles. The van der Waals surface area contributed by atoms with Crippen molar-refractivity contribution in [1.29, 1.82) is 0 Å². The van der Waals surface area contributed by atoms with Crippen LogP contribution in [0.2, 0.25) is 0 Å². The number of rotatable bonds is 4. The van der Waals surface area contributed by atoms with Crippen LogP contribution in [0.4, 0.5) is 0 Å². The van der Waals surface area contributed by atoms with Gasteiger partial charge in [-0.1, -0.05) is 0 Å². The first kappa shape index (κ1) is 9.02. The van der Waals surface area contributed by atoms with Gasteiger partial charge in [-0.25, -0.2) is 0 Å². The van der Waals surface area contributed by atoms with Crippen molar-refractivity contribution < 1.29 is 0 Å². The molecule has 0 aliphatic carbocycles. The predicted molar refractivity (Wildman–Crippen MR) is 46.6 cm³/mol. The first-order chi connectivity index (χ1) is 4.31. The Kier molecular flexibility index (Phi) is 6.16. The van der Waals surface area contributed by atoms with Gasteiger partial charge in [-0.2, -0.15) is 11.8 Å². The molecule has 0 amide bonds. The van der Waals surface area contributed by atoms with Crippen molar-refractivity contribution in [1.82, 2.24) is 0 Å². The second-order valence-corrected chi connectivity index (χ2v) is 3.04. The van der Waals surface area contributed by atoms with Crippen LogP contribution in [0.5, 0.6) is 0 Å². The summed E-state index contributed by atoms with van der Waals surface area (Å²) in [5, 5.41) is 0. The zero-order valence-corrected chi connectivity index (χ0v) is 7.29. The second-order valence-electron chi connectivity index (χ2n) is 2.06. The van der Waals surface area contributed by atoms with Gasteiger partial charge in [-0.3, -0.25) is 4.99 Å². The van der Waals surface area contributed by atoms with E-state index in [4.69, 9.17) is 0 Å². The van der Waals surface area contributed by atoms with Crippen molar-refractivity contribution in [2.45, 2.75) is 19.8 Å². The van der Waals surface area contributed by atoms with Gasteiger partial charge in [-0.15, -0.1) is 0 Å². The van der Waals surface area contributed by atoms with Gasteiger partial charge in [0.25, 0.3) is 0 Å². The van der Waals surface area contributed by atoms with Crippen LogP contribution in [0.15, 0.2) is 4.99 Å². The van der Waals surface area contributed by atoms with E-state index in [2.05, 4.69) is 18.2 Å². The van der Waals surface area contributed by atoms with Gasteiger partial charge in [-0.05, 0) is 31.8 Å². The van der Waals surface area contributed by atoms with Crippen LogP contribution < -0.4 is 0 Å². The molecule has 0 aromatic carbocycles. The number of hydrogen-bond acceptors (Lipinski definition) is 2. The highest BCUT2D eigenvalue weighted by Crippen LogP contribution is 1.99. The van der Waals surface area contributed by atoms with E-state index in [1.807, 2.05) is 18.8 Å². The molecule has 0 aromatic heterocycles. The van der Waals surface area contributed by atoms with E-state index < -0.39 is 0 Å². The highest BCUT2D eigenvalue weighted by Gasteiger charge is 1.88. The Morgan fingerprint density at radius 3 is 2.67 bits per heavy atom. The summed E-state index contributed by atoms with van der Waals surface area (Å²) in [6.07, 6.45) is 4.57. The third-order valence-corrected chi connectivity index (χ3v) is 1.97. The smallest absolute Gasteiger partial charge is 0.0276 e. The maximum Gasteiger partial charge on any atom is 0.0276 e. The van der Waals surface area contributed by atoms with Gasteiger partial charge in [0.1, 0.15) is 0 Å². The first-order valence-electron chi connectivity index (χ1n) is 3.22. The van der Waals surface area contributed by atoms with Gasteiger partial charge >= 0.3 is 0 Å². The SMILES string of the molecule is CN=C(C)CCCSC. The van der Waals surface area contributed by atoms with Crippen LogP contribution in [0.1, 0.15) is 19.8 Å². The topological polar surface area (TPSA) is 12.4 Å². The molecular weight excluding hydrogens is 130 g/mol. The minimum Gasteiger partial charge on any atom is -0.298 e. The molecule has 0 bridgehead atoms. The van der Waals surface area contributed by atoms with Gasteiger partial charge < -0.3 is 0 Å². The average Bonchev–Trinajstić information content (AvgIpc) is 1.89. The Labute approximate surface area is 61.9 Å². The summed E-state index contributed by atoms with van der Waals surface area (Å²) >= 11 is 1.90. The molecule has 0 aliphatic rings. The predicted octanol–water partition coefficient (Wildman–Crippen LogP) is 2.22. The van der Waals surface area contributed by atoms with E-state index in [9.17, 15) is 0 Å². The molecule has 1 nitrogen and oxygen atoms in total. The van der Waals surface area contributed by atoms with E-state index in [0.717, 1.165) is 6.42 Å². The molecule has 0 rings (SSSR count). The lowest BCUT2D eigenvalue weighted by Crippen LogP contribution is -1.91. The zero-order chi connectivity index (χ0) is 7.11. The molecule has 0 heterocycles. The summed E-state index contributed by atoms with van der Waals surface area (Å²) in [6.45, 7) is 2.08. The van der Waals surface area contributed by atoms with Crippen molar-refractivity contribution in [2.75, 3.05) is 19.1 Å². The molecule has 0 unspecified atom stereocenters. The van der Waals surface area contributed by atoms with E-state index in [1.54, 1.807) is 0 Å². The number of thioether (sulfide) groups is 1. The number of hydrogen-bond donors (Lipinski definition) is 0. The average molecular weight is 145 g/mol. The summed E-state index contributed by atoms with van der Waals surface area (Å²) < 4.78 is 0. The summed E-state index contributed by atoms with van der Waals surface area (Å²) in [5.74, 6) is 1.26. The minimum atomic E-state index is 1.16. The summed E-state index contributed by atoms with van der Waals surface area (Å²) in [7, 11) is 1.86. The normalized spacial score (nSPS) is 12.1. The van der Waals surface area contributed by atoms with E-state index in [0.29, 0.717) is 0 Å². The van der Waals surface area contributed by atoms with Crippen molar-refractivity contribution in [3.05, 3.63) is 0 Å². The Balaban J connectivity index is 3.07. The highest BCUT2D eigenvalue weighted by atomic mass is 32.2. The lowest BCUT2D eigenvalue weighted by Gasteiger charge is -1.95. The van der Waals surface area contributed by atoms with Gasteiger partial charge in [0.15, 0.2) is 0 Å². The van der Waals surface area contributed by atoms with Crippen LogP contribution >= 0.6 is 11.8 Å². The molecule has 0 aliphatic heterocycles. The van der Waals surface area contributed by atoms with Crippen molar-refractivity contribution in [3.8, 4) is 0 Å². The van der Waals surface area contributed by atoms with Crippen LogP contribution in [-0.4, -0.2) is 24.8 Å². The lowest BCUT2D eigenvalue weighted by atomic mass is 10.2. The van der Waals surface area contributed by atoms with Gasteiger partial charge in [0, 0.05) is 12.8 Å². The van der Waals surface area contributed by atoms with Crippen molar-refractivity contribution in [2.24, 2.45) is 4.99 Å². The van der Waals surface area contributed by atoms with Crippen LogP contribution in [-0.2, 0) is 0 Å². The lowest BCUT2D eigenvalue weighted by molar-refractivity contribution is 0.999. The molecule has 0 aromatic rings. The summed E-state index contributed by atoms with van der Waals surface area (Å²) in [4.78, 5) is 4.07. The zero-order valence-electron chi connectivity index (χ0n) is 6.48. The van der Waals surface area contributed by atoms with Crippen molar-refractivity contribution in [3.63, 3.8) is 0 Å². The van der Waals surface area contributed by atoms with Gasteiger partial charge in [0.05, 0.1) is 0 Å². The maximum absolute atomic E-state index is 4.07. The van der Waals surface area contributed by atoms with Gasteiger partial charge in [0.2, 0.25) is 0 Å². The summed E-state index contributed by atoms with van der Waals surface area (Å²) in [5.41, 5.74) is 1.27. The highest BCUT2D eigenvalue weighted by molar-refractivity contribution is 7.98. The van der Waals surface area contributed by atoms with E-state index >= 15 is 0 Å². The molecular formula is C7H15NS. The fourth-order valence-electron chi connectivity index (χ4n) is 0.584. The molecule has 0 N–H and O–H groups in total. The fourth-order valence-corrected chi connectivity index (χ4v) is 1.02. The van der Waals surface area contributed by atoms with Crippen LogP contribution in [0, 0.1) is 0 Å². The molecule has 54 valence electrons. The van der Waals surface area contributed by atoms with Crippen molar-refractivity contribution >= 4 is 17.5 Å². The molecule has 2 heteroatoms. The van der Waals surface area contributed by atoms with Crippen LogP contribution in [0.3, 0.4) is 0 Å².